The van der Waals surface area contributed by atoms with E-state index < -0.39 is 0 Å². The zero-order valence-electron chi connectivity index (χ0n) is 8.57. The Kier molecular flexibility index (Phi) is 2.34. The lowest BCUT2D eigenvalue weighted by Crippen LogP contribution is -1.81. The van der Waals surface area contributed by atoms with E-state index in [4.69, 9.17) is 4.52 Å². The highest BCUT2D eigenvalue weighted by atomic mass is 32.1. The van der Waals surface area contributed by atoms with Gasteiger partial charge in [-0.15, -0.1) is 11.3 Å². The number of benzene rings is 1. The van der Waals surface area contributed by atoms with Crippen molar-refractivity contribution in [2.45, 2.75) is 0 Å². The first-order valence-corrected chi connectivity index (χ1v) is 5.79. The summed E-state index contributed by atoms with van der Waals surface area (Å²) in [4.78, 5) is 8.28. The molecule has 84 valence electrons. The van der Waals surface area contributed by atoms with Crippen LogP contribution in [0.15, 0.2) is 39.7 Å². The van der Waals surface area contributed by atoms with Gasteiger partial charge in [0.25, 0.3) is 5.89 Å². The Labute approximate surface area is 100 Å². The molecule has 0 fully saturated rings. The summed E-state index contributed by atoms with van der Waals surface area (Å²) in [5.41, 5.74) is 2.88. The first kappa shape index (κ1) is 9.98. The normalized spacial score (nSPS) is 10.6. The molecule has 2 aromatic heterocycles. The van der Waals surface area contributed by atoms with Crippen LogP contribution in [0.2, 0.25) is 0 Å². The smallest absolute Gasteiger partial charge is 0.262 e. The lowest BCUT2D eigenvalue weighted by Gasteiger charge is -1.96. The van der Waals surface area contributed by atoms with Crippen LogP contribution in [-0.4, -0.2) is 20.2 Å². The molecule has 0 aliphatic heterocycles. The highest BCUT2D eigenvalue weighted by Crippen LogP contribution is 2.28. The van der Waals surface area contributed by atoms with E-state index in [9.17, 15) is 5.11 Å². The fourth-order valence-electron chi connectivity index (χ4n) is 1.41. The minimum atomic E-state index is 0.112. The first-order valence-electron chi connectivity index (χ1n) is 4.85. The molecule has 3 rings (SSSR count). The lowest BCUT2D eigenvalue weighted by atomic mass is 10.2. The van der Waals surface area contributed by atoms with E-state index in [0.29, 0.717) is 17.1 Å². The number of hydrogen-bond donors (Lipinski definition) is 1. The number of hydrogen-bond acceptors (Lipinski definition) is 6. The topological polar surface area (TPSA) is 72.0 Å². The minimum absolute atomic E-state index is 0.112. The van der Waals surface area contributed by atoms with Gasteiger partial charge in [-0.1, -0.05) is 17.3 Å². The third kappa shape index (κ3) is 1.78. The fourth-order valence-corrected chi connectivity index (χ4v) is 1.94. The molecule has 0 aliphatic carbocycles. The Morgan fingerprint density at radius 1 is 1.24 bits per heavy atom. The average molecular weight is 245 g/mol. The summed E-state index contributed by atoms with van der Waals surface area (Å²) in [6, 6.07) is 6.81. The summed E-state index contributed by atoms with van der Waals surface area (Å²) in [5.74, 6) is 0.816. The summed E-state index contributed by atoms with van der Waals surface area (Å²) in [6.07, 6.45) is 0. The van der Waals surface area contributed by atoms with Crippen molar-refractivity contribution >= 4 is 11.3 Å². The summed E-state index contributed by atoms with van der Waals surface area (Å²) < 4.78 is 5.10. The highest BCUT2D eigenvalue weighted by molar-refractivity contribution is 7.07. The van der Waals surface area contributed by atoms with Crippen molar-refractivity contribution < 1.29 is 9.63 Å². The SMILES string of the molecule is Oc1ccccc1-c1nc(-c2cscn2)no1. The molecule has 0 saturated carbocycles. The van der Waals surface area contributed by atoms with E-state index in [2.05, 4.69) is 15.1 Å². The molecule has 17 heavy (non-hydrogen) atoms. The molecule has 3 aromatic rings. The highest BCUT2D eigenvalue weighted by Gasteiger charge is 2.14. The summed E-state index contributed by atoms with van der Waals surface area (Å²) in [6.45, 7) is 0. The number of rotatable bonds is 2. The summed E-state index contributed by atoms with van der Waals surface area (Å²) in [7, 11) is 0. The Balaban J connectivity index is 2.04. The second kappa shape index (κ2) is 3.99. The number of para-hydroxylation sites is 1. The van der Waals surface area contributed by atoms with Gasteiger partial charge in [0, 0.05) is 5.38 Å². The molecular formula is C11H7N3O2S. The monoisotopic (exact) mass is 245 g/mol. The minimum Gasteiger partial charge on any atom is -0.507 e. The van der Waals surface area contributed by atoms with Crippen molar-refractivity contribution in [3.05, 3.63) is 35.2 Å². The van der Waals surface area contributed by atoms with E-state index in [0.717, 1.165) is 0 Å². The molecule has 0 bridgehead atoms. The van der Waals surface area contributed by atoms with Gasteiger partial charge >= 0.3 is 0 Å². The number of phenolic OH excluding ortho intramolecular Hbond substituents is 1. The van der Waals surface area contributed by atoms with Gasteiger partial charge in [0.05, 0.1) is 11.1 Å². The predicted molar refractivity (Wildman–Crippen MR) is 62.5 cm³/mol. The van der Waals surface area contributed by atoms with Crippen molar-refractivity contribution in [1.29, 1.82) is 0 Å². The second-order valence-corrected chi connectivity index (χ2v) is 4.03. The van der Waals surface area contributed by atoms with Gasteiger partial charge in [-0.25, -0.2) is 4.98 Å². The van der Waals surface area contributed by atoms with Crippen molar-refractivity contribution in [2.75, 3.05) is 0 Å². The standard InChI is InChI=1S/C11H7N3O2S/c15-9-4-2-1-3-7(9)11-13-10(14-16-11)8-5-17-6-12-8/h1-6,15H. The number of aromatic hydroxyl groups is 1. The third-order valence-electron chi connectivity index (χ3n) is 2.22. The molecule has 2 heterocycles. The van der Waals surface area contributed by atoms with Gasteiger partial charge in [0.2, 0.25) is 5.82 Å². The maximum atomic E-state index is 9.66. The van der Waals surface area contributed by atoms with Gasteiger partial charge in [0.1, 0.15) is 11.4 Å². The van der Waals surface area contributed by atoms with Crippen molar-refractivity contribution in [3.63, 3.8) is 0 Å². The van der Waals surface area contributed by atoms with Crippen LogP contribution in [0, 0.1) is 0 Å². The molecule has 1 N–H and O–H groups in total. The molecule has 0 radical (unpaired) electrons. The number of aromatic nitrogens is 3. The zero-order valence-corrected chi connectivity index (χ0v) is 9.39. The van der Waals surface area contributed by atoms with Gasteiger partial charge in [0.15, 0.2) is 0 Å². The van der Waals surface area contributed by atoms with Crippen molar-refractivity contribution in [1.82, 2.24) is 15.1 Å². The average Bonchev–Trinajstić information content (AvgIpc) is 3.00. The van der Waals surface area contributed by atoms with Crippen LogP contribution in [0.25, 0.3) is 23.0 Å². The van der Waals surface area contributed by atoms with Gasteiger partial charge < -0.3 is 9.63 Å². The van der Waals surface area contributed by atoms with Crippen LogP contribution in [-0.2, 0) is 0 Å². The largest absolute Gasteiger partial charge is 0.507 e. The molecule has 0 saturated heterocycles. The van der Waals surface area contributed by atoms with Crippen LogP contribution >= 0.6 is 11.3 Å². The molecule has 0 amide bonds. The first-order chi connectivity index (χ1) is 8.34. The van der Waals surface area contributed by atoms with Crippen LogP contribution in [0.3, 0.4) is 0 Å². The van der Waals surface area contributed by atoms with E-state index >= 15 is 0 Å². The Hall–Kier alpha value is -2.21. The summed E-state index contributed by atoms with van der Waals surface area (Å²) >= 11 is 1.46. The summed E-state index contributed by atoms with van der Waals surface area (Å²) in [5, 5.41) is 15.3. The molecule has 0 aliphatic rings. The van der Waals surface area contributed by atoms with E-state index in [1.165, 1.54) is 11.3 Å². The Bertz CT molecular complexity index is 634. The molecule has 0 spiro atoms. The van der Waals surface area contributed by atoms with Gasteiger partial charge in [-0.05, 0) is 12.1 Å². The van der Waals surface area contributed by atoms with Crippen LogP contribution in [0.1, 0.15) is 0 Å². The Morgan fingerprint density at radius 3 is 2.88 bits per heavy atom. The maximum Gasteiger partial charge on any atom is 0.262 e. The molecular weight excluding hydrogens is 238 g/mol. The molecule has 1 aromatic carbocycles. The molecule has 0 unspecified atom stereocenters. The Morgan fingerprint density at radius 2 is 2.12 bits per heavy atom. The molecule has 0 atom stereocenters. The number of nitrogens with zero attached hydrogens (tertiary/aromatic N) is 3. The van der Waals surface area contributed by atoms with Gasteiger partial charge in [-0.3, -0.25) is 0 Å². The van der Waals surface area contributed by atoms with Crippen LogP contribution in [0.5, 0.6) is 5.75 Å². The number of thiazole rings is 1. The van der Waals surface area contributed by atoms with Crippen molar-refractivity contribution in [2.24, 2.45) is 0 Å². The zero-order chi connectivity index (χ0) is 11.7. The van der Waals surface area contributed by atoms with Gasteiger partial charge in [-0.2, -0.15) is 4.98 Å². The van der Waals surface area contributed by atoms with Crippen LogP contribution in [0.4, 0.5) is 0 Å². The molecule has 5 nitrogen and oxygen atoms in total. The van der Waals surface area contributed by atoms with E-state index in [-0.39, 0.29) is 11.6 Å². The quantitative estimate of drug-likeness (QED) is 0.751. The number of phenols is 1. The molecule has 6 heteroatoms. The third-order valence-corrected chi connectivity index (χ3v) is 2.81. The fraction of sp³-hybridized carbons (Fsp3) is 0. The van der Waals surface area contributed by atoms with E-state index in [1.54, 1.807) is 29.8 Å². The maximum absolute atomic E-state index is 9.66. The lowest BCUT2D eigenvalue weighted by molar-refractivity contribution is 0.425. The van der Waals surface area contributed by atoms with Crippen LogP contribution < -0.4 is 0 Å². The predicted octanol–water partition coefficient (Wildman–Crippen LogP) is 2.57. The van der Waals surface area contributed by atoms with E-state index in [1.807, 2.05) is 5.38 Å². The van der Waals surface area contributed by atoms with Crippen molar-refractivity contribution in [3.8, 4) is 28.7 Å². The second-order valence-electron chi connectivity index (χ2n) is 3.31.